The first kappa shape index (κ1) is 12.1. The van der Waals surface area contributed by atoms with Gasteiger partial charge >= 0.3 is 0 Å². The highest BCUT2D eigenvalue weighted by atomic mass is 79.9. The number of nitrogens with zero attached hydrogens (tertiary/aromatic N) is 1. The number of hydrogen-bond acceptors (Lipinski definition) is 2. The number of rotatable bonds is 2. The molecule has 1 aliphatic rings. The molecule has 0 saturated carbocycles. The Morgan fingerprint density at radius 2 is 1.81 bits per heavy atom. The lowest BCUT2D eigenvalue weighted by Gasteiger charge is -2.25. The van der Waals surface area contributed by atoms with Gasteiger partial charge in [-0.05, 0) is 31.0 Å². The number of halogens is 1. The van der Waals surface area contributed by atoms with Crippen molar-refractivity contribution in [3.63, 3.8) is 0 Å². The third-order valence-electron chi connectivity index (χ3n) is 2.75. The van der Waals surface area contributed by atoms with Gasteiger partial charge in [-0.25, -0.2) is 8.42 Å². The number of piperidine rings is 1. The Kier molecular flexibility index (Phi) is 3.66. The molecular formula is C11H14BrNO2S. The zero-order valence-corrected chi connectivity index (χ0v) is 11.3. The third-order valence-corrected chi connectivity index (χ3v) is 5.14. The molecule has 0 aliphatic carbocycles. The van der Waals surface area contributed by atoms with Crippen molar-refractivity contribution in [3.8, 4) is 0 Å². The molecule has 1 saturated heterocycles. The molecule has 1 fully saturated rings. The van der Waals surface area contributed by atoms with Gasteiger partial charge in [0, 0.05) is 17.6 Å². The fraction of sp³-hybridized carbons (Fsp3) is 0.455. The zero-order chi connectivity index (χ0) is 11.6. The van der Waals surface area contributed by atoms with E-state index in [4.69, 9.17) is 0 Å². The van der Waals surface area contributed by atoms with Crippen molar-refractivity contribution in [1.82, 2.24) is 4.31 Å². The van der Waals surface area contributed by atoms with Crippen LogP contribution in [0.1, 0.15) is 19.3 Å². The Labute approximate surface area is 105 Å². The Morgan fingerprint density at radius 1 is 1.12 bits per heavy atom. The van der Waals surface area contributed by atoms with Gasteiger partial charge in [-0.15, -0.1) is 0 Å². The molecular weight excluding hydrogens is 290 g/mol. The standard InChI is InChI=1S/C11H14BrNO2S/c12-10-5-4-6-11(9-10)16(14,15)13-7-2-1-3-8-13/h4-6,9H,1-3,7-8H2. The lowest BCUT2D eigenvalue weighted by atomic mass is 10.2. The van der Waals surface area contributed by atoms with Gasteiger partial charge in [0.2, 0.25) is 10.0 Å². The van der Waals surface area contributed by atoms with Crippen LogP contribution in [0, 0.1) is 0 Å². The highest BCUT2D eigenvalue weighted by Crippen LogP contribution is 2.22. The fourth-order valence-corrected chi connectivity index (χ4v) is 4.00. The SMILES string of the molecule is O=S(=O)(c1cccc(Br)c1)N1CCCCC1. The van der Waals surface area contributed by atoms with Crippen LogP contribution in [0.25, 0.3) is 0 Å². The van der Waals surface area contributed by atoms with E-state index in [1.54, 1.807) is 22.5 Å². The van der Waals surface area contributed by atoms with Crippen molar-refractivity contribution >= 4 is 26.0 Å². The Balaban J connectivity index is 2.30. The first-order valence-corrected chi connectivity index (χ1v) is 7.60. The number of benzene rings is 1. The van der Waals surface area contributed by atoms with Gasteiger partial charge in [-0.2, -0.15) is 4.31 Å². The minimum Gasteiger partial charge on any atom is -0.207 e. The van der Waals surface area contributed by atoms with E-state index in [0.29, 0.717) is 18.0 Å². The Hall–Kier alpha value is -0.390. The molecule has 3 nitrogen and oxygen atoms in total. The van der Waals surface area contributed by atoms with Crippen molar-refractivity contribution in [2.75, 3.05) is 13.1 Å². The highest BCUT2D eigenvalue weighted by molar-refractivity contribution is 9.10. The molecule has 0 bridgehead atoms. The van der Waals surface area contributed by atoms with Crippen molar-refractivity contribution in [3.05, 3.63) is 28.7 Å². The van der Waals surface area contributed by atoms with Crippen LogP contribution in [0.4, 0.5) is 0 Å². The maximum Gasteiger partial charge on any atom is 0.243 e. The predicted octanol–water partition coefficient (Wildman–Crippen LogP) is 2.62. The minimum atomic E-state index is -3.28. The smallest absolute Gasteiger partial charge is 0.207 e. The summed E-state index contributed by atoms with van der Waals surface area (Å²) < 4.78 is 26.9. The van der Waals surface area contributed by atoms with Gasteiger partial charge in [-0.3, -0.25) is 0 Å². The molecule has 1 aromatic carbocycles. The van der Waals surface area contributed by atoms with Crippen molar-refractivity contribution in [1.29, 1.82) is 0 Å². The molecule has 5 heteroatoms. The molecule has 0 N–H and O–H groups in total. The van der Waals surface area contributed by atoms with Gasteiger partial charge < -0.3 is 0 Å². The van der Waals surface area contributed by atoms with E-state index in [-0.39, 0.29) is 0 Å². The first-order valence-electron chi connectivity index (χ1n) is 5.36. The summed E-state index contributed by atoms with van der Waals surface area (Å²) in [5.74, 6) is 0. The summed E-state index contributed by atoms with van der Waals surface area (Å²) >= 11 is 3.30. The van der Waals surface area contributed by atoms with E-state index in [2.05, 4.69) is 15.9 Å². The maximum absolute atomic E-state index is 12.2. The quantitative estimate of drug-likeness (QED) is 0.842. The fourth-order valence-electron chi connectivity index (χ4n) is 1.88. The second kappa shape index (κ2) is 4.85. The van der Waals surface area contributed by atoms with Crippen LogP contribution in [0.5, 0.6) is 0 Å². The maximum atomic E-state index is 12.2. The predicted molar refractivity (Wildman–Crippen MR) is 66.8 cm³/mol. The van der Waals surface area contributed by atoms with E-state index in [0.717, 1.165) is 23.7 Å². The number of sulfonamides is 1. The van der Waals surface area contributed by atoms with Gasteiger partial charge in [-0.1, -0.05) is 28.4 Å². The molecule has 0 aromatic heterocycles. The van der Waals surface area contributed by atoms with Crippen molar-refractivity contribution in [2.24, 2.45) is 0 Å². The summed E-state index contributed by atoms with van der Waals surface area (Å²) in [5, 5.41) is 0. The molecule has 0 unspecified atom stereocenters. The van der Waals surface area contributed by atoms with Crippen LogP contribution in [0.15, 0.2) is 33.6 Å². The molecule has 88 valence electrons. The molecule has 0 radical (unpaired) electrons. The molecule has 0 spiro atoms. The summed E-state index contributed by atoms with van der Waals surface area (Å²) in [6, 6.07) is 6.88. The van der Waals surface area contributed by atoms with Gasteiger partial charge in [0.15, 0.2) is 0 Å². The van der Waals surface area contributed by atoms with Gasteiger partial charge in [0.05, 0.1) is 4.90 Å². The van der Waals surface area contributed by atoms with E-state index < -0.39 is 10.0 Å². The molecule has 2 rings (SSSR count). The monoisotopic (exact) mass is 303 g/mol. The Morgan fingerprint density at radius 3 is 2.44 bits per heavy atom. The van der Waals surface area contributed by atoms with E-state index in [1.807, 2.05) is 6.07 Å². The lowest BCUT2D eigenvalue weighted by molar-refractivity contribution is 0.346. The van der Waals surface area contributed by atoms with Crippen molar-refractivity contribution in [2.45, 2.75) is 24.2 Å². The molecule has 16 heavy (non-hydrogen) atoms. The zero-order valence-electron chi connectivity index (χ0n) is 8.89. The van der Waals surface area contributed by atoms with Crippen LogP contribution in [-0.4, -0.2) is 25.8 Å². The van der Waals surface area contributed by atoms with E-state index >= 15 is 0 Å². The molecule has 0 amide bonds. The lowest BCUT2D eigenvalue weighted by Crippen LogP contribution is -2.35. The Bertz CT molecular complexity index is 467. The van der Waals surface area contributed by atoms with E-state index in [9.17, 15) is 8.42 Å². The van der Waals surface area contributed by atoms with Crippen molar-refractivity contribution < 1.29 is 8.42 Å². The highest BCUT2D eigenvalue weighted by Gasteiger charge is 2.25. The third kappa shape index (κ3) is 2.47. The normalized spacial score (nSPS) is 18.6. The molecule has 1 heterocycles. The first-order chi connectivity index (χ1) is 7.60. The van der Waals surface area contributed by atoms with Gasteiger partial charge in [0.1, 0.15) is 0 Å². The van der Waals surface area contributed by atoms with Crippen LogP contribution < -0.4 is 0 Å². The average Bonchev–Trinajstić information content (AvgIpc) is 2.30. The minimum absolute atomic E-state index is 0.378. The second-order valence-electron chi connectivity index (χ2n) is 3.92. The summed E-state index contributed by atoms with van der Waals surface area (Å²) in [6.07, 6.45) is 3.06. The van der Waals surface area contributed by atoms with Crippen LogP contribution >= 0.6 is 15.9 Å². The molecule has 1 aliphatic heterocycles. The van der Waals surface area contributed by atoms with Gasteiger partial charge in [0.25, 0.3) is 0 Å². The summed E-state index contributed by atoms with van der Waals surface area (Å²) in [7, 11) is -3.28. The largest absolute Gasteiger partial charge is 0.243 e. The topological polar surface area (TPSA) is 37.4 Å². The molecule has 1 aromatic rings. The number of hydrogen-bond donors (Lipinski definition) is 0. The second-order valence-corrected chi connectivity index (χ2v) is 6.78. The van der Waals surface area contributed by atoms with Crippen LogP contribution in [0.3, 0.4) is 0 Å². The average molecular weight is 304 g/mol. The summed E-state index contributed by atoms with van der Waals surface area (Å²) in [4.78, 5) is 0.378. The van der Waals surface area contributed by atoms with E-state index in [1.165, 1.54) is 0 Å². The summed E-state index contributed by atoms with van der Waals surface area (Å²) in [6.45, 7) is 1.30. The van der Waals surface area contributed by atoms with Crippen LogP contribution in [0.2, 0.25) is 0 Å². The molecule has 0 atom stereocenters. The van der Waals surface area contributed by atoms with Crippen LogP contribution in [-0.2, 0) is 10.0 Å². The summed E-state index contributed by atoms with van der Waals surface area (Å²) in [5.41, 5.74) is 0.